The number of fused-ring (bicyclic) bond motifs is 1. The van der Waals surface area contributed by atoms with Crippen molar-refractivity contribution in [2.45, 2.75) is 33.1 Å². The summed E-state index contributed by atoms with van der Waals surface area (Å²) in [5.41, 5.74) is 6.03. The largest absolute Gasteiger partial charge is 0.361 e. The molecule has 122 valence electrons. The molecular formula is C19H25N3S. The Morgan fingerprint density at radius 3 is 2.83 bits per heavy atom. The number of nitrogens with zero attached hydrogens (tertiary/aromatic N) is 1. The number of thiocarbonyl (C=S) groups is 1. The summed E-state index contributed by atoms with van der Waals surface area (Å²) >= 11 is 5.27. The molecule has 0 heterocycles. The van der Waals surface area contributed by atoms with Crippen LogP contribution >= 0.6 is 12.2 Å². The van der Waals surface area contributed by atoms with Crippen LogP contribution in [0.15, 0.2) is 47.1 Å². The third-order valence-corrected chi connectivity index (χ3v) is 5.67. The fraction of sp³-hybridized carbons (Fsp3) is 0.474. The van der Waals surface area contributed by atoms with Gasteiger partial charge in [-0.3, -0.25) is 5.43 Å². The van der Waals surface area contributed by atoms with Crippen molar-refractivity contribution < 1.29 is 0 Å². The van der Waals surface area contributed by atoms with Gasteiger partial charge in [0.25, 0.3) is 0 Å². The molecule has 3 aliphatic rings. The van der Waals surface area contributed by atoms with Crippen molar-refractivity contribution in [3.8, 4) is 0 Å². The fourth-order valence-electron chi connectivity index (χ4n) is 3.71. The van der Waals surface area contributed by atoms with Gasteiger partial charge in [-0.25, -0.2) is 0 Å². The first-order valence-electron chi connectivity index (χ1n) is 8.38. The molecule has 3 nitrogen and oxygen atoms in total. The summed E-state index contributed by atoms with van der Waals surface area (Å²) in [5, 5.41) is 8.09. The van der Waals surface area contributed by atoms with E-state index in [1.807, 2.05) is 12.3 Å². The van der Waals surface area contributed by atoms with Gasteiger partial charge < -0.3 is 5.32 Å². The highest BCUT2D eigenvalue weighted by molar-refractivity contribution is 7.80. The van der Waals surface area contributed by atoms with Crippen LogP contribution in [0.2, 0.25) is 0 Å². The van der Waals surface area contributed by atoms with E-state index in [-0.39, 0.29) is 0 Å². The lowest BCUT2D eigenvalue weighted by molar-refractivity contribution is -0.00126. The maximum atomic E-state index is 5.27. The molecule has 0 saturated heterocycles. The number of rotatable bonds is 5. The van der Waals surface area contributed by atoms with Crippen molar-refractivity contribution in [3.05, 3.63) is 47.5 Å². The molecule has 0 unspecified atom stereocenters. The van der Waals surface area contributed by atoms with Gasteiger partial charge in [-0.2, -0.15) is 5.10 Å². The highest BCUT2D eigenvalue weighted by Crippen LogP contribution is 2.58. The second-order valence-electron chi connectivity index (χ2n) is 7.11. The Labute approximate surface area is 144 Å². The van der Waals surface area contributed by atoms with Gasteiger partial charge in [0.05, 0.1) is 6.21 Å². The molecule has 0 spiro atoms. The third-order valence-electron chi connectivity index (χ3n) is 5.43. The topological polar surface area (TPSA) is 36.4 Å². The van der Waals surface area contributed by atoms with Gasteiger partial charge in [-0.1, -0.05) is 50.3 Å². The van der Waals surface area contributed by atoms with Gasteiger partial charge in [-0.15, -0.1) is 0 Å². The Kier molecular flexibility index (Phi) is 4.81. The maximum Gasteiger partial charge on any atom is 0.186 e. The summed E-state index contributed by atoms with van der Waals surface area (Å²) in [6, 6.07) is 10.4. The van der Waals surface area contributed by atoms with Gasteiger partial charge in [0.2, 0.25) is 0 Å². The average Bonchev–Trinajstić information content (AvgIpc) is 2.56. The quantitative estimate of drug-likeness (QED) is 0.492. The second kappa shape index (κ2) is 6.83. The standard InChI is InChI=1S/C19H25N3S/c1-19(2)16-9-8-15(17(19)12-16)13-21-22-18(23)20-11-10-14-6-4-3-5-7-14/h3-8,13,16-17H,9-12H2,1-2H3,(H2,20,22,23)/b21-13-/t16-,17+/m1/s1. The van der Waals surface area contributed by atoms with Crippen LogP contribution in [-0.2, 0) is 6.42 Å². The van der Waals surface area contributed by atoms with Crippen LogP contribution in [0.4, 0.5) is 0 Å². The number of hydrazone groups is 1. The van der Waals surface area contributed by atoms with Gasteiger partial charge in [-0.05, 0) is 59.9 Å². The van der Waals surface area contributed by atoms with E-state index in [1.54, 1.807) is 0 Å². The van der Waals surface area contributed by atoms with Crippen LogP contribution in [0, 0.1) is 17.3 Å². The highest BCUT2D eigenvalue weighted by Gasteiger charge is 2.50. The first-order valence-corrected chi connectivity index (χ1v) is 8.79. The van der Waals surface area contributed by atoms with Crippen molar-refractivity contribution in [3.63, 3.8) is 0 Å². The minimum Gasteiger partial charge on any atom is -0.361 e. The van der Waals surface area contributed by atoms with Crippen molar-refractivity contribution in [1.82, 2.24) is 10.7 Å². The fourth-order valence-corrected chi connectivity index (χ4v) is 3.87. The van der Waals surface area contributed by atoms with E-state index in [0.29, 0.717) is 16.4 Å². The molecule has 1 fully saturated rings. The lowest BCUT2D eigenvalue weighted by Gasteiger charge is -2.55. The van der Waals surface area contributed by atoms with Crippen molar-refractivity contribution in [2.24, 2.45) is 22.4 Å². The molecule has 23 heavy (non-hydrogen) atoms. The van der Waals surface area contributed by atoms with Crippen LogP contribution in [0.5, 0.6) is 0 Å². The first kappa shape index (κ1) is 16.2. The van der Waals surface area contributed by atoms with Crippen molar-refractivity contribution >= 4 is 23.5 Å². The van der Waals surface area contributed by atoms with Crippen LogP contribution in [0.1, 0.15) is 32.3 Å². The molecule has 1 aromatic carbocycles. The zero-order valence-electron chi connectivity index (χ0n) is 13.9. The molecule has 0 amide bonds. The molecule has 2 bridgehead atoms. The molecule has 0 aromatic heterocycles. The van der Waals surface area contributed by atoms with Gasteiger partial charge in [0.15, 0.2) is 5.11 Å². The summed E-state index contributed by atoms with van der Waals surface area (Å²) in [6.45, 7) is 5.55. The van der Waals surface area contributed by atoms with E-state index in [4.69, 9.17) is 12.2 Å². The Bertz CT molecular complexity index is 619. The van der Waals surface area contributed by atoms with Crippen molar-refractivity contribution in [2.75, 3.05) is 6.54 Å². The van der Waals surface area contributed by atoms with Crippen LogP contribution in [-0.4, -0.2) is 17.9 Å². The van der Waals surface area contributed by atoms with E-state index in [1.165, 1.54) is 24.0 Å². The molecule has 0 aliphatic heterocycles. The molecule has 1 aromatic rings. The van der Waals surface area contributed by atoms with Gasteiger partial charge in [0.1, 0.15) is 0 Å². The molecule has 4 heteroatoms. The predicted molar refractivity (Wildman–Crippen MR) is 100 cm³/mol. The molecule has 2 atom stereocenters. The number of hydrogen-bond donors (Lipinski definition) is 2. The van der Waals surface area contributed by atoms with Gasteiger partial charge >= 0.3 is 0 Å². The van der Waals surface area contributed by atoms with Crippen LogP contribution < -0.4 is 10.7 Å². The molecule has 4 rings (SSSR count). The Hall–Kier alpha value is -1.68. The monoisotopic (exact) mass is 327 g/mol. The normalized spacial score (nSPS) is 24.7. The maximum absolute atomic E-state index is 5.27. The molecule has 3 aliphatic carbocycles. The zero-order chi connectivity index (χ0) is 16.3. The number of benzene rings is 1. The Balaban J connectivity index is 1.40. The second-order valence-corrected chi connectivity index (χ2v) is 7.52. The van der Waals surface area contributed by atoms with Crippen LogP contribution in [0.25, 0.3) is 0 Å². The average molecular weight is 327 g/mol. The lowest BCUT2D eigenvalue weighted by Crippen LogP contribution is -2.48. The van der Waals surface area contributed by atoms with Crippen LogP contribution in [0.3, 0.4) is 0 Å². The predicted octanol–water partition coefficient (Wildman–Crippen LogP) is 3.67. The van der Waals surface area contributed by atoms with E-state index >= 15 is 0 Å². The zero-order valence-corrected chi connectivity index (χ0v) is 14.7. The SMILES string of the molecule is CC1(C)[C@@H]2CC=C(/C=N\NC(=S)NCCc3ccccc3)[C@@H]1C2. The smallest absolute Gasteiger partial charge is 0.186 e. The number of hydrogen-bond acceptors (Lipinski definition) is 2. The summed E-state index contributed by atoms with van der Waals surface area (Å²) in [7, 11) is 0. The number of nitrogens with one attached hydrogen (secondary N) is 2. The van der Waals surface area contributed by atoms with Gasteiger partial charge in [0, 0.05) is 6.54 Å². The van der Waals surface area contributed by atoms with E-state index in [0.717, 1.165) is 18.9 Å². The molecule has 1 saturated carbocycles. The summed E-state index contributed by atoms with van der Waals surface area (Å²) in [4.78, 5) is 0. The number of allylic oxidation sites excluding steroid dienone is 2. The summed E-state index contributed by atoms with van der Waals surface area (Å²) in [6.07, 6.45) is 7.73. The van der Waals surface area contributed by atoms with E-state index < -0.39 is 0 Å². The summed E-state index contributed by atoms with van der Waals surface area (Å²) < 4.78 is 0. The third kappa shape index (κ3) is 3.63. The van der Waals surface area contributed by atoms with Crippen molar-refractivity contribution in [1.29, 1.82) is 0 Å². The minimum absolute atomic E-state index is 0.435. The lowest BCUT2D eigenvalue weighted by atomic mass is 9.49. The van der Waals surface area contributed by atoms with E-state index in [9.17, 15) is 0 Å². The Morgan fingerprint density at radius 2 is 2.13 bits per heavy atom. The highest BCUT2D eigenvalue weighted by atomic mass is 32.1. The molecule has 0 radical (unpaired) electrons. The first-order chi connectivity index (χ1) is 11.1. The Morgan fingerprint density at radius 1 is 1.35 bits per heavy atom. The summed E-state index contributed by atoms with van der Waals surface area (Å²) in [5.74, 6) is 1.52. The molecular weight excluding hydrogens is 302 g/mol. The van der Waals surface area contributed by atoms with E-state index in [2.05, 4.69) is 60.0 Å². The minimum atomic E-state index is 0.435. The molecule has 2 N–H and O–H groups in total.